The number of hydrogen-bond donors (Lipinski definition) is 0. The minimum absolute atomic E-state index is 0.159. The zero-order valence-corrected chi connectivity index (χ0v) is 8.94. The Labute approximate surface area is 94.6 Å². The first-order valence-corrected chi connectivity index (χ1v) is 4.57. The Morgan fingerprint density at radius 3 is 2.31 bits per heavy atom. The Morgan fingerprint density at radius 1 is 1.38 bits per heavy atom. The largest absolute Gasteiger partial charge is 0.417 e. The Morgan fingerprint density at radius 2 is 1.94 bits per heavy atom. The van der Waals surface area contributed by atoms with Crippen LogP contribution in [0.3, 0.4) is 0 Å². The van der Waals surface area contributed by atoms with Crippen molar-refractivity contribution in [1.82, 2.24) is 4.98 Å². The topological polar surface area (TPSA) is 30.0 Å². The van der Waals surface area contributed by atoms with Crippen LogP contribution in [0.2, 0.25) is 0 Å². The third-order valence-corrected chi connectivity index (χ3v) is 2.36. The van der Waals surface area contributed by atoms with E-state index in [0.29, 0.717) is 6.20 Å². The van der Waals surface area contributed by atoms with Crippen LogP contribution in [0, 0.1) is 0 Å². The van der Waals surface area contributed by atoms with Gasteiger partial charge in [-0.3, -0.25) is 4.79 Å². The average molecular weight is 304 g/mol. The van der Waals surface area contributed by atoms with Gasteiger partial charge in [-0.05, 0) is 15.9 Å². The van der Waals surface area contributed by atoms with Crippen molar-refractivity contribution in [2.24, 2.45) is 0 Å². The van der Waals surface area contributed by atoms with Crippen LogP contribution in [0.5, 0.6) is 0 Å². The highest BCUT2D eigenvalue weighted by Gasteiger charge is 2.40. The van der Waals surface area contributed by atoms with Gasteiger partial charge in [-0.25, -0.2) is 13.8 Å². The molecule has 0 fully saturated rings. The first-order valence-electron chi connectivity index (χ1n) is 3.78. The van der Waals surface area contributed by atoms with E-state index < -0.39 is 33.9 Å². The summed E-state index contributed by atoms with van der Waals surface area (Å²) in [4.78, 5) is 13.6. The fourth-order valence-corrected chi connectivity index (χ4v) is 1.60. The summed E-state index contributed by atoms with van der Waals surface area (Å²) in [5, 5.41) is 0. The highest BCUT2D eigenvalue weighted by molar-refractivity contribution is 9.10. The summed E-state index contributed by atoms with van der Waals surface area (Å²) < 4.78 is 61.8. The van der Waals surface area contributed by atoms with Crippen LogP contribution in [0.25, 0.3) is 0 Å². The van der Waals surface area contributed by atoms with Crippen molar-refractivity contribution in [3.63, 3.8) is 0 Å². The van der Waals surface area contributed by atoms with Gasteiger partial charge in [-0.15, -0.1) is 0 Å². The maximum atomic E-state index is 12.5. The molecule has 88 valence electrons. The van der Waals surface area contributed by atoms with E-state index in [1.807, 2.05) is 0 Å². The van der Waals surface area contributed by atoms with Crippen LogP contribution >= 0.6 is 15.9 Å². The van der Waals surface area contributed by atoms with E-state index in [9.17, 15) is 26.7 Å². The molecule has 0 aliphatic carbocycles. The van der Waals surface area contributed by atoms with Crippen molar-refractivity contribution in [2.75, 3.05) is 0 Å². The predicted molar refractivity (Wildman–Crippen MR) is 47.3 cm³/mol. The van der Waals surface area contributed by atoms with Crippen molar-refractivity contribution in [1.29, 1.82) is 0 Å². The highest BCUT2D eigenvalue weighted by Crippen LogP contribution is 2.40. The monoisotopic (exact) mass is 303 g/mol. The van der Waals surface area contributed by atoms with Gasteiger partial charge in [0.25, 0.3) is 6.43 Å². The van der Waals surface area contributed by atoms with E-state index in [1.54, 1.807) is 0 Å². The lowest BCUT2D eigenvalue weighted by atomic mass is 10.1. The zero-order valence-electron chi connectivity index (χ0n) is 7.36. The van der Waals surface area contributed by atoms with Gasteiger partial charge in [0.15, 0.2) is 6.29 Å². The molecule has 0 aliphatic heterocycles. The molecule has 1 heterocycles. The number of rotatable bonds is 2. The standard InChI is InChI=1S/C8H3BrF5NO/c9-6-4(7(10)11)5(8(12,13)14)3(2-16)1-15-6/h1-2,7H. The molecule has 8 heteroatoms. The number of hydrogen-bond acceptors (Lipinski definition) is 2. The average Bonchev–Trinajstić information content (AvgIpc) is 2.15. The Balaban J connectivity index is 3.62. The van der Waals surface area contributed by atoms with Crippen LogP contribution in [0.1, 0.15) is 27.9 Å². The van der Waals surface area contributed by atoms with E-state index in [0.717, 1.165) is 0 Å². The Bertz CT molecular complexity index is 418. The second-order valence-electron chi connectivity index (χ2n) is 2.71. The maximum absolute atomic E-state index is 12.5. The minimum Gasteiger partial charge on any atom is -0.298 e. The Hall–Kier alpha value is -1.05. The van der Waals surface area contributed by atoms with Crippen molar-refractivity contribution in [3.8, 4) is 0 Å². The van der Waals surface area contributed by atoms with Gasteiger partial charge in [0, 0.05) is 11.8 Å². The van der Waals surface area contributed by atoms with E-state index in [-0.39, 0.29) is 6.29 Å². The smallest absolute Gasteiger partial charge is 0.298 e. The number of carbonyl (C=O) groups excluding carboxylic acids is 1. The summed E-state index contributed by atoms with van der Waals surface area (Å²) in [7, 11) is 0. The van der Waals surface area contributed by atoms with Gasteiger partial charge in [-0.1, -0.05) is 0 Å². The quantitative estimate of drug-likeness (QED) is 0.474. The second-order valence-corrected chi connectivity index (χ2v) is 3.46. The van der Waals surface area contributed by atoms with Crippen LogP contribution in [-0.4, -0.2) is 11.3 Å². The zero-order chi connectivity index (χ0) is 12.5. The van der Waals surface area contributed by atoms with Gasteiger partial charge in [-0.2, -0.15) is 13.2 Å². The minimum atomic E-state index is -5.03. The lowest BCUT2D eigenvalue weighted by Gasteiger charge is -2.15. The normalized spacial score (nSPS) is 11.9. The SMILES string of the molecule is O=Cc1cnc(Br)c(C(F)F)c1C(F)(F)F. The van der Waals surface area contributed by atoms with Gasteiger partial charge >= 0.3 is 6.18 Å². The molecule has 1 rings (SSSR count). The molecule has 0 spiro atoms. The second kappa shape index (κ2) is 4.44. The molecule has 2 nitrogen and oxygen atoms in total. The molecule has 0 amide bonds. The molecule has 0 aromatic carbocycles. The molecule has 1 aromatic heterocycles. The van der Waals surface area contributed by atoms with E-state index in [1.165, 1.54) is 0 Å². The van der Waals surface area contributed by atoms with Crippen molar-refractivity contribution in [3.05, 3.63) is 27.5 Å². The van der Waals surface area contributed by atoms with Crippen molar-refractivity contribution < 1.29 is 26.7 Å². The summed E-state index contributed by atoms with van der Waals surface area (Å²) >= 11 is 2.50. The number of alkyl halides is 5. The first kappa shape index (κ1) is 13.0. The number of nitrogens with zero attached hydrogens (tertiary/aromatic N) is 1. The summed E-state index contributed by atoms with van der Waals surface area (Å²) in [6.07, 6.45) is -7.98. The number of aldehydes is 1. The van der Waals surface area contributed by atoms with Crippen LogP contribution in [-0.2, 0) is 6.18 Å². The molecule has 16 heavy (non-hydrogen) atoms. The van der Waals surface area contributed by atoms with Crippen molar-refractivity contribution in [2.45, 2.75) is 12.6 Å². The van der Waals surface area contributed by atoms with Crippen molar-refractivity contribution >= 4 is 22.2 Å². The van der Waals surface area contributed by atoms with Crippen LogP contribution in [0.15, 0.2) is 10.8 Å². The first-order chi connectivity index (χ1) is 7.29. The van der Waals surface area contributed by atoms with Gasteiger partial charge in [0.05, 0.1) is 11.1 Å². The lowest BCUT2D eigenvalue weighted by Crippen LogP contribution is -2.14. The van der Waals surface area contributed by atoms with Gasteiger partial charge < -0.3 is 0 Å². The summed E-state index contributed by atoms with van der Waals surface area (Å²) in [6, 6.07) is 0. The molecular weight excluding hydrogens is 301 g/mol. The van der Waals surface area contributed by atoms with E-state index in [4.69, 9.17) is 0 Å². The fourth-order valence-electron chi connectivity index (χ4n) is 1.12. The molecule has 0 atom stereocenters. The summed E-state index contributed by atoms with van der Waals surface area (Å²) in [6.45, 7) is 0. The maximum Gasteiger partial charge on any atom is 0.417 e. The van der Waals surface area contributed by atoms with E-state index >= 15 is 0 Å². The summed E-state index contributed by atoms with van der Waals surface area (Å²) in [5.74, 6) is 0. The number of carbonyl (C=O) groups is 1. The number of aromatic nitrogens is 1. The third-order valence-electron chi connectivity index (χ3n) is 1.73. The van der Waals surface area contributed by atoms with E-state index in [2.05, 4.69) is 20.9 Å². The molecule has 1 aromatic rings. The molecule has 0 bridgehead atoms. The summed E-state index contributed by atoms with van der Waals surface area (Å²) in [5.41, 5.74) is -3.89. The lowest BCUT2D eigenvalue weighted by molar-refractivity contribution is -0.139. The molecular formula is C8H3BrF5NO. The number of pyridine rings is 1. The molecule has 0 aliphatic rings. The predicted octanol–water partition coefficient (Wildman–Crippen LogP) is 3.61. The van der Waals surface area contributed by atoms with Gasteiger partial charge in [0.1, 0.15) is 4.60 Å². The molecule has 0 N–H and O–H groups in total. The molecule has 0 saturated heterocycles. The van der Waals surface area contributed by atoms with Crippen LogP contribution in [0.4, 0.5) is 22.0 Å². The molecule has 0 saturated carbocycles. The molecule has 0 unspecified atom stereocenters. The Kier molecular flexibility index (Phi) is 3.61. The van der Waals surface area contributed by atoms with Crippen LogP contribution < -0.4 is 0 Å². The van der Waals surface area contributed by atoms with Gasteiger partial charge in [0.2, 0.25) is 0 Å². The highest BCUT2D eigenvalue weighted by atomic mass is 79.9. The number of halogens is 6. The molecule has 0 radical (unpaired) electrons. The third kappa shape index (κ3) is 2.37. The fraction of sp³-hybridized carbons (Fsp3) is 0.250.